The molecule has 0 radical (unpaired) electrons. The second-order valence-electron chi connectivity index (χ2n) is 7.68. The number of carboxylic acids is 1. The molecule has 4 rings (SSSR count). The van der Waals surface area contributed by atoms with Gasteiger partial charge in [-0.1, -0.05) is 0 Å². The number of alkyl halides is 3. The molecule has 0 aromatic heterocycles. The average Bonchev–Trinajstić information content (AvgIpc) is 2.77. The number of aromatic hydroxyl groups is 7. The number of benzene rings is 3. The maximum Gasteiger partial charge on any atom is 0.417 e. The fraction of sp³-hybridized carbons (Fsp3) is 0.174. The van der Waals surface area contributed by atoms with Crippen LogP contribution in [0.4, 0.5) is 13.2 Å². The fourth-order valence-electron chi connectivity index (χ4n) is 3.49. The first-order valence-electron chi connectivity index (χ1n) is 10.0. The molecule has 1 unspecified atom stereocenters. The fourth-order valence-corrected chi connectivity index (χ4v) is 3.49. The highest BCUT2D eigenvalue weighted by Gasteiger charge is 2.36. The number of phenols is 7. The lowest BCUT2D eigenvalue weighted by Gasteiger charge is -2.27. The smallest absolute Gasteiger partial charge is 0.417 e. The number of aromatic carboxylic acids is 1. The standard InChI is InChI=1S/C15H14O6.C8H5F3O4/c16-8-5-10(17)9-1-2-13(21-14(9)6-8)7-3-11(18)15(20)12(19)4-7;9-8(10,11)4-2-6(13)5(12)1-3(4)7(14)15/h3-6,13,16-20H,1-2H2;1-2,12-13H,(H,14,15). The normalized spacial score (nSPS) is 14.7. The van der Waals surface area contributed by atoms with Crippen LogP contribution in [0.3, 0.4) is 0 Å². The van der Waals surface area contributed by atoms with E-state index in [0.29, 0.717) is 35.8 Å². The van der Waals surface area contributed by atoms with Gasteiger partial charge in [-0.3, -0.25) is 0 Å². The molecule has 0 aliphatic carbocycles. The third-order valence-corrected chi connectivity index (χ3v) is 5.21. The highest BCUT2D eigenvalue weighted by molar-refractivity contribution is 5.90. The summed E-state index contributed by atoms with van der Waals surface area (Å²) in [6.45, 7) is 0. The van der Waals surface area contributed by atoms with Crippen LogP contribution in [-0.2, 0) is 12.6 Å². The minimum atomic E-state index is -4.90. The van der Waals surface area contributed by atoms with Crippen molar-refractivity contribution in [2.45, 2.75) is 25.1 Å². The predicted octanol–water partition coefficient (Wildman–Crippen LogP) is 4.10. The summed E-state index contributed by atoms with van der Waals surface area (Å²) in [5, 5.41) is 73.9. The molecule has 0 saturated heterocycles. The van der Waals surface area contributed by atoms with Crippen LogP contribution in [0.15, 0.2) is 36.4 Å². The molecule has 36 heavy (non-hydrogen) atoms. The molecule has 10 nitrogen and oxygen atoms in total. The maximum absolute atomic E-state index is 12.3. The van der Waals surface area contributed by atoms with Crippen LogP contribution < -0.4 is 4.74 Å². The number of phenolic OH excluding ortho intramolecular Hbond substituents is 7. The first kappa shape index (κ1) is 25.9. The molecule has 192 valence electrons. The Bertz CT molecular complexity index is 1300. The van der Waals surface area contributed by atoms with Crippen molar-refractivity contribution in [1.82, 2.24) is 0 Å². The maximum atomic E-state index is 12.3. The van der Waals surface area contributed by atoms with Crippen LogP contribution in [0.1, 0.15) is 39.6 Å². The lowest BCUT2D eigenvalue weighted by molar-refractivity contribution is -0.138. The van der Waals surface area contributed by atoms with Gasteiger partial charge >= 0.3 is 12.1 Å². The summed E-state index contributed by atoms with van der Waals surface area (Å²) in [6.07, 6.45) is -4.32. The lowest BCUT2D eigenvalue weighted by Crippen LogP contribution is -2.15. The van der Waals surface area contributed by atoms with E-state index < -0.39 is 58.1 Å². The van der Waals surface area contributed by atoms with Crippen molar-refractivity contribution in [2.24, 2.45) is 0 Å². The largest absolute Gasteiger partial charge is 0.508 e. The van der Waals surface area contributed by atoms with Gasteiger partial charge in [0.25, 0.3) is 0 Å². The van der Waals surface area contributed by atoms with E-state index >= 15 is 0 Å². The number of hydrogen-bond acceptors (Lipinski definition) is 9. The van der Waals surface area contributed by atoms with Crippen LogP contribution >= 0.6 is 0 Å². The molecule has 0 amide bonds. The van der Waals surface area contributed by atoms with Crippen molar-refractivity contribution in [2.75, 3.05) is 0 Å². The minimum absolute atomic E-state index is 0.0279. The van der Waals surface area contributed by atoms with Crippen LogP contribution in [0.2, 0.25) is 0 Å². The number of fused-ring (bicyclic) bond motifs is 1. The number of halogens is 3. The molecule has 1 heterocycles. The van der Waals surface area contributed by atoms with Crippen LogP contribution in [0.25, 0.3) is 0 Å². The van der Waals surface area contributed by atoms with Crippen LogP contribution in [-0.4, -0.2) is 46.8 Å². The SMILES string of the molecule is O=C(O)c1cc(O)c(O)cc1C(F)(F)F.Oc1cc(O)c2c(c1)OC(c1cc(O)c(O)c(O)c1)CC2. The third kappa shape index (κ3) is 5.35. The summed E-state index contributed by atoms with van der Waals surface area (Å²) in [6, 6.07) is 5.79. The second kappa shape index (κ2) is 9.52. The Morgan fingerprint density at radius 2 is 1.39 bits per heavy atom. The monoisotopic (exact) mass is 512 g/mol. The van der Waals surface area contributed by atoms with E-state index in [-0.39, 0.29) is 17.6 Å². The number of ether oxygens (including phenoxy) is 1. The van der Waals surface area contributed by atoms with Crippen molar-refractivity contribution < 1.29 is 63.6 Å². The van der Waals surface area contributed by atoms with E-state index in [2.05, 4.69) is 0 Å². The second-order valence-corrected chi connectivity index (χ2v) is 7.68. The van der Waals surface area contributed by atoms with Gasteiger partial charge in [0.2, 0.25) is 0 Å². The molecule has 13 heteroatoms. The number of carbonyl (C=O) groups is 1. The zero-order chi connectivity index (χ0) is 26.9. The molecule has 1 aliphatic rings. The minimum Gasteiger partial charge on any atom is -0.508 e. The van der Waals surface area contributed by atoms with Gasteiger partial charge in [-0.15, -0.1) is 0 Å². The van der Waals surface area contributed by atoms with Gasteiger partial charge in [0.05, 0.1) is 11.1 Å². The molecular formula is C23H19F3O10. The Labute approximate surface area is 199 Å². The molecule has 3 aromatic rings. The van der Waals surface area contributed by atoms with E-state index in [0.717, 1.165) is 0 Å². The summed E-state index contributed by atoms with van der Waals surface area (Å²) >= 11 is 0. The van der Waals surface area contributed by atoms with Gasteiger partial charge in [-0.2, -0.15) is 13.2 Å². The number of rotatable bonds is 2. The molecule has 0 saturated carbocycles. The van der Waals surface area contributed by atoms with E-state index in [4.69, 9.17) is 20.1 Å². The van der Waals surface area contributed by atoms with Crippen molar-refractivity contribution in [1.29, 1.82) is 0 Å². The topological polar surface area (TPSA) is 188 Å². The highest BCUT2D eigenvalue weighted by Crippen LogP contribution is 2.44. The highest BCUT2D eigenvalue weighted by atomic mass is 19.4. The summed E-state index contributed by atoms with van der Waals surface area (Å²) < 4.78 is 42.5. The van der Waals surface area contributed by atoms with Crippen LogP contribution in [0, 0.1) is 0 Å². The summed E-state index contributed by atoms with van der Waals surface area (Å²) in [5.41, 5.74) is -1.52. The van der Waals surface area contributed by atoms with Crippen molar-refractivity contribution in [3.8, 4) is 46.0 Å². The first-order chi connectivity index (χ1) is 16.7. The summed E-state index contributed by atoms with van der Waals surface area (Å²) in [7, 11) is 0. The molecule has 3 aromatic carbocycles. The van der Waals surface area contributed by atoms with Gasteiger partial charge in [-0.05, 0) is 42.7 Å². The number of carboxylic acid groups (broad SMARTS) is 1. The molecule has 0 fully saturated rings. The van der Waals surface area contributed by atoms with Crippen molar-refractivity contribution >= 4 is 5.97 Å². The molecular weight excluding hydrogens is 493 g/mol. The quantitative estimate of drug-likeness (QED) is 0.232. The lowest BCUT2D eigenvalue weighted by atomic mass is 9.96. The van der Waals surface area contributed by atoms with Gasteiger partial charge in [0.1, 0.15) is 23.4 Å². The zero-order valence-electron chi connectivity index (χ0n) is 18.0. The molecule has 0 bridgehead atoms. The molecule has 8 N–H and O–H groups in total. The Balaban J connectivity index is 0.000000214. The number of hydrogen-bond donors (Lipinski definition) is 8. The van der Waals surface area contributed by atoms with Gasteiger partial charge in [-0.25, -0.2) is 4.79 Å². The van der Waals surface area contributed by atoms with E-state index in [9.17, 15) is 43.5 Å². The van der Waals surface area contributed by atoms with Crippen LogP contribution in [0.5, 0.6) is 46.0 Å². The Morgan fingerprint density at radius 3 is 1.94 bits per heavy atom. The van der Waals surface area contributed by atoms with Gasteiger partial charge in [0, 0.05) is 17.7 Å². The van der Waals surface area contributed by atoms with Crippen molar-refractivity contribution in [3.05, 3.63) is 58.7 Å². The molecule has 0 spiro atoms. The average molecular weight is 512 g/mol. The molecule has 1 atom stereocenters. The first-order valence-corrected chi connectivity index (χ1v) is 10.0. The molecule has 1 aliphatic heterocycles. The van der Waals surface area contributed by atoms with Gasteiger partial charge in [0.15, 0.2) is 28.7 Å². The predicted molar refractivity (Wildman–Crippen MR) is 115 cm³/mol. The Morgan fingerprint density at radius 1 is 0.806 bits per heavy atom. The van der Waals surface area contributed by atoms with E-state index in [1.807, 2.05) is 0 Å². The Kier molecular flexibility index (Phi) is 6.86. The van der Waals surface area contributed by atoms with Crippen molar-refractivity contribution in [3.63, 3.8) is 0 Å². The summed E-state index contributed by atoms with van der Waals surface area (Å²) in [5.74, 6) is -4.99. The summed E-state index contributed by atoms with van der Waals surface area (Å²) in [4.78, 5) is 10.4. The van der Waals surface area contributed by atoms with Gasteiger partial charge < -0.3 is 45.6 Å². The third-order valence-electron chi connectivity index (χ3n) is 5.21. The van der Waals surface area contributed by atoms with E-state index in [1.165, 1.54) is 24.3 Å². The Hall–Kier alpha value is -4.68. The van der Waals surface area contributed by atoms with E-state index in [1.54, 1.807) is 0 Å². The zero-order valence-corrected chi connectivity index (χ0v) is 18.0.